The van der Waals surface area contributed by atoms with Crippen LogP contribution >= 0.6 is 0 Å². The van der Waals surface area contributed by atoms with Crippen LogP contribution in [0.15, 0.2) is 24.4 Å². The number of H-pyrrole nitrogens is 1. The van der Waals surface area contributed by atoms with Crippen LogP contribution in [0.3, 0.4) is 0 Å². The molecule has 0 amide bonds. The van der Waals surface area contributed by atoms with Gasteiger partial charge in [0.2, 0.25) is 10.0 Å². The monoisotopic (exact) mass is 309 g/mol. The topological polar surface area (TPSA) is 74.0 Å². The summed E-state index contributed by atoms with van der Waals surface area (Å²) < 4.78 is 24.9. The highest BCUT2D eigenvalue weighted by atomic mass is 32.2. The third kappa shape index (κ3) is 4.84. The third-order valence-electron chi connectivity index (χ3n) is 3.32. The van der Waals surface area contributed by atoms with Crippen LogP contribution in [-0.2, 0) is 23.0 Å². The molecule has 0 atom stereocenters. The van der Waals surface area contributed by atoms with Crippen molar-refractivity contribution in [2.45, 2.75) is 32.9 Å². The lowest BCUT2D eigenvalue weighted by atomic mass is 10.1. The van der Waals surface area contributed by atoms with Gasteiger partial charge < -0.3 is 10.3 Å². The zero-order valence-electron chi connectivity index (χ0n) is 12.7. The largest absolute Gasteiger partial charge is 0.361 e. The summed E-state index contributed by atoms with van der Waals surface area (Å²) >= 11 is 0. The molecule has 0 radical (unpaired) electrons. The van der Waals surface area contributed by atoms with Crippen LogP contribution in [0.4, 0.5) is 0 Å². The molecule has 0 spiro atoms. The number of aromatic amines is 1. The number of benzene rings is 1. The molecule has 0 unspecified atom stereocenters. The number of hydrogen-bond donors (Lipinski definition) is 3. The van der Waals surface area contributed by atoms with Crippen molar-refractivity contribution in [1.29, 1.82) is 0 Å². The van der Waals surface area contributed by atoms with E-state index in [0.717, 1.165) is 29.4 Å². The number of sulfonamides is 1. The second-order valence-corrected chi connectivity index (χ2v) is 7.48. The molecule has 0 aliphatic heterocycles. The van der Waals surface area contributed by atoms with Gasteiger partial charge in [0.1, 0.15) is 0 Å². The fraction of sp³-hybridized carbons (Fsp3) is 0.467. The summed E-state index contributed by atoms with van der Waals surface area (Å²) in [5.74, 6) is 0. The Morgan fingerprint density at radius 3 is 2.71 bits per heavy atom. The normalized spacial score (nSPS) is 12.4. The van der Waals surface area contributed by atoms with Crippen LogP contribution in [0.2, 0.25) is 0 Å². The van der Waals surface area contributed by atoms with Crippen molar-refractivity contribution >= 4 is 20.9 Å². The summed E-state index contributed by atoms with van der Waals surface area (Å²) in [7, 11) is -3.16. The highest BCUT2D eigenvalue weighted by Gasteiger charge is 2.06. The average molecular weight is 309 g/mol. The molecule has 21 heavy (non-hydrogen) atoms. The summed E-state index contributed by atoms with van der Waals surface area (Å²) in [5, 5.41) is 4.56. The molecule has 0 aliphatic carbocycles. The summed E-state index contributed by atoms with van der Waals surface area (Å²) in [6, 6.07) is 6.46. The van der Waals surface area contributed by atoms with E-state index >= 15 is 0 Å². The van der Waals surface area contributed by atoms with E-state index in [-0.39, 0.29) is 0 Å². The molecular weight excluding hydrogens is 286 g/mol. The van der Waals surface area contributed by atoms with Crippen molar-refractivity contribution in [2.75, 3.05) is 12.8 Å². The molecule has 3 N–H and O–H groups in total. The molecular formula is C15H23N3O2S. The van der Waals surface area contributed by atoms with E-state index in [1.165, 1.54) is 11.8 Å². The van der Waals surface area contributed by atoms with Crippen LogP contribution in [0.25, 0.3) is 10.9 Å². The molecule has 0 fully saturated rings. The van der Waals surface area contributed by atoms with Gasteiger partial charge in [-0.25, -0.2) is 13.1 Å². The van der Waals surface area contributed by atoms with E-state index in [4.69, 9.17) is 0 Å². The van der Waals surface area contributed by atoms with Crippen LogP contribution < -0.4 is 10.0 Å². The van der Waals surface area contributed by atoms with Crippen LogP contribution in [0, 0.1) is 0 Å². The van der Waals surface area contributed by atoms with Gasteiger partial charge >= 0.3 is 0 Å². The summed E-state index contributed by atoms with van der Waals surface area (Å²) in [6.07, 6.45) is 4.15. The number of rotatable bonds is 7. The van der Waals surface area contributed by atoms with E-state index in [2.05, 4.69) is 34.9 Å². The molecule has 0 saturated heterocycles. The SMILES string of the molecule is CC(C)NCCc1c[nH]c2ccc(CNS(C)(=O)=O)cc12. The number of hydrogen-bond acceptors (Lipinski definition) is 3. The van der Waals surface area contributed by atoms with Crippen molar-refractivity contribution in [3.8, 4) is 0 Å². The molecule has 116 valence electrons. The second-order valence-electron chi connectivity index (χ2n) is 5.65. The Kier molecular flexibility index (Phi) is 5.03. The lowest BCUT2D eigenvalue weighted by Crippen LogP contribution is -2.24. The zero-order chi connectivity index (χ0) is 15.5. The predicted octanol–water partition coefficient (Wildman–Crippen LogP) is 1.76. The molecule has 1 aromatic heterocycles. The molecule has 1 heterocycles. The first-order valence-corrected chi connectivity index (χ1v) is 9.01. The van der Waals surface area contributed by atoms with E-state index in [9.17, 15) is 8.42 Å². The van der Waals surface area contributed by atoms with Crippen molar-refractivity contribution in [1.82, 2.24) is 15.0 Å². The van der Waals surface area contributed by atoms with Gasteiger partial charge in [0.15, 0.2) is 0 Å². The Morgan fingerprint density at radius 2 is 2.05 bits per heavy atom. The Hall–Kier alpha value is -1.37. The van der Waals surface area contributed by atoms with Crippen LogP contribution in [0.1, 0.15) is 25.0 Å². The van der Waals surface area contributed by atoms with Crippen LogP contribution in [-0.4, -0.2) is 32.2 Å². The van der Waals surface area contributed by atoms with Crippen molar-refractivity contribution in [2.24, 2.45) is 0 Å². The van der Waals surface area contributed by atoms with Crippen molar-refractivity contribution in [3.63, 3.8) is 0 Å². The Bertz CT molecular complexity index is 705. The Morgan fingerprint density at radius 1 is 1.29 bits per heavy atom. The van der Waals surface area contributed by atoms with Gasteiger partial charge in [-0.15, -0.1) is 0 Å². The minimum atomic E-state index is -3.16. The van der Waals surface area contributed by atoms with Crippen molar-refractivity contribution in [3.05, 3.63) is 35.5 Å². The maximum atomic E-state index is 11.2. The van der Waals surface area contributed by atoms with Gasteiger partial charge in [0.25, 0.3) is 0 Å². The lowest BCUT2D eigenvalue weighted by molar-refractivity contribution is 0.587. The van der Waals surface area contributed by atoms with Gasteiger partial charge in [-0.3, -0.25) is 0 Å². The summed E-state index contributed by atoms with van der Waals surface area (Å²) in [6.45, 7) is 5.51. The first-order chi connectivity index (χ1) is 9.85. The van der Waals surface area contributed by atoms with E-state index in [1.54, 1.807) is 0 Å². The minimum Gasteiger partial charge on any atom is -0.361 e. The second kappa shape index (κ2) is 6.60. The first kappa shape index (κ1) is 16.0. The summed E-state index contributed by atoms with van der Waals surface area (Å²) in [5.41, 5.74) is 3.29. The fourth-order valence-corrected chi connectivity index (χ4v) is 2.68. The molecule has 5 nitrogen and oxygen atoms in total. The average Bonchev–Trinajstić information content (AvgIpc) is 2.78. The van der Waals surface area contributed by atoms with Gasteiger partial charge in [-0.2, -0.15) is 0 Å². The minimum absolute atomic E-state index is 0.323. The van der Waals surface area contributed by atoms with E-state index < -0.39 is 10.0 Å². The molecule has 0 aliphatic rings. The van der Waals surface area contributed by atoms with Gasteiger partial charge in [0.05, 0.1) is 6.26 Å². The smallest absolute Gasteiger partial charge is 0.209 e. The fourth-order valence-electron chi connectivity index (χ4n) is 2.25. The standard InChI is InChI=1S/C15H23N3O2S/c1-11(2)16-7-6-13-10-17-15-5-4-12(8-14(13)15)9-18-21(3,19)20/h4-5,8,10-11,16-18H,6-7,9H2,1-3H3. The van der Waals surface area contributed by atoms with Crippen molar-refractivity contribution < 1.29 is 8.42 Å². The molecule has 2 rings (SSSR count). The Balaban J connectivity index is 2.12. The van der Waals surface area contributed by atoms with E-state index in [0.29, 0.717) is 12.6 Å². The third-order valence-corrected chi connectivity index (χ3v) is 3.99. The highest BCUT2D eigenvalue weighted by Crippen LogP contribution is 2.20. The molecule has 0 saturated carbocycles. The molecule has 1 aromatic carbocycles. The zero-order valence-corrected chi connectivity index (χ0v) is 13.5. The highest BCUT2D eigenvalue weighted by molar-refractivity contribution is 7.88. The maximum Gasteiger partial charge on any atom is 0.209 e. The quantitative estimate of drug-likeness (QED) is 0.729. The molecule has 2 aromatic rings. The predicted molar refractivity (Wildman–Crippen MR) is 86.8 cm³/mol. The lowest BCUT2D eigenvalue weighted by Gasteiger charge is -2.07. The summed E-state index contributed by atoms with van der Waals surface area (Å²) in [4.78, 5) is 3.26. The van der Waals surface area contributed by atoms with Gasteiger partial charge in [0, 0.05) is 29.7 Å². The van der Waals surface area contributed by atoms with Gasteiger partial charge in [-0.1, -0.05) is 19.9 Å². The number of nitrogens with one attached hydrogen (secondary N) is 3. The maximum absolute atomic E-state index is 11.2. The number of fused-ring (bicyclic) bond motifs is 1. The van der Waals surface area contributed by atoms with Gasteiger partial charge in [-0.05, 0) is 36.2 Å². The molecule has 0 bridgehead atoms. The van der Waals surface area contributed by atoms with Crippen LogP contribution in [0.5, 0.6) is 0 Å². The van der Waals surface area contributed by atoms with E-state index in [1.807, 2.05) is 18.3 Å². The number of aromatic nitrogens is 1. The molecule has 6 heteroatoms. The first-order valence-electron chi connectivity index (χ1n) is 7.12. The Labute approximate surface area is 126 Å².